The lowest BCUT2D eigenvalue weighted by atomic mass is 10.2. The average molecular weight is 372 g/mol. The van der Waals surface area contributed by atoms with Gasteiger partial charge in [-0.15, -0.1) is 23.5 Å². The van der Waals surface area contributed by atoms with E-state index in [0.29, 0.717) is 15.3 Å². The summed E-state index contributed by atoms with van der Waals surface area (Å²) in [6.45, 7) is 0. The van der Waals surface area contributed by atoms with Gasteiger partial charge in [-0.1, -0.05) is 29.8 Å². The van der Waals surface area contributed by atoms with E-state index in [9.17, 15) is 8.42 Å². The molecule has 0 spiro atoms. The van der Waals surface area contributed by atoms with Crippen LogP contribution in [0.1, 0.15) is 10.1 Å². The molecule has 0 atom stereocenters. The van der Waals surface area contributed by atoms with Gasteiger partial charge in [0, 0.05) is 22.2 Å². The van der Waals surface area contributed by atoms with Crippen LogP contribution >= 0.6 is 35.1 Å². The highest BCUT2D eigenvalue weighted by atomic mass is 35.5. The van der Waals surface area contributed by atoms with Gasteiger partial charge in [0.15, 0.2) is 0 Å². The van der Waals surface area contributed by atoms with Crippen LogP contribution in [0.2, 0.25) is 5.02 Å². The van der Waals surface area contributed by atoms with Gasteiger partial charge in [-0.3, -0.25) is 4.72 Å². The molecule has 0 amide bonds. The molecule has 1 aliphatic rings. The monoisotopic (exact) mass is 371 g/mol. The van der Waals surface area contributed by atoms with E-state index in [2.05, 4.69) is 4.72 Å². The van der Waals surface area contributed by atoms with Crippen molar-refractivity contribution in [1.82, 2.24) is 0 Å². The van der Waals surface area contributed by atoms with Gasteiger partial charge in [-0.25, -0.2) is 8.42 Å². The molecule has 3 nitrogen and oxygen atoms in total. The van der Waals surface area contributed by atoms with E-state index >= 15 is 0 Å². The molecule has 1 N–H and O–H groups in total. The minimum Gasteiger partial charge on any atom is -0.280 e. The zero-order valence-corrected chi connectivity index (χ0v) is 14.7. The number of rotatable bonds is 4. The second-order valence-corrected chi connectivity index (χ2v) is 9.61. The molecular formula is C15H14ClNO2S3. The van der Waals surface area contributed by atoms with Crippen molar-refractivity contribution < 1.29 is 8.42 Å². The van der Waals surface area contributed by atoms with Crippen LogP contribution < -0.4 is 4.72 Å². The van der Waals surface area contributed by atoms with Crippen LogP contribution in [0.15, 0.2) is 53.4 Å². The van der Waals surface area contributed by atoms with Crippen LogP contribution in [0.5, 0.6) is 0 Å². The van der Waals surface area contributed by atoms with Gasteiger partial charge < -0.3 is 0 Å². The third-order valence-electron chi connectivity index (χ3n) is 3.14. The molecule has 0 aliphatic carbocycles. The Balaban J connectivity index is 1.84. The van der Waals surface area contributed by atoms with E-state index in [1.807, 2.05) is 41.7 Å². The minimum absolute atomic E-state index is 0.162. The normalized spacial score (nSPS) is 15.9. The molecule has 22 heavy (non-hydrogen) atoms. The van der Waals surface area contributed by atoms with Gasteiger partial charge in [0.25, 0.3) is 10.0 Å². The molecule has 7 heteroatoms. The largest absolute Gasteiger partial charge is 0.280 e. The van der Waals surface area contributed by atoms with E-state index in [1.165, 1.54) is 12.1 Å². The lowest BCUT2D eigenvalue weighted by molar-refractivity contribution is 0.601. The maximum Gasteiger partial charge on any atom is 0.261 e. The van der Waals surface area contributed by atoms with Gasteiger partial charge in [-0.05, 0) is 35.9 Å². The molecule has 1 fully saturated rings. The number of nitrogens with one attached hydrogen (secondary N) is 1. The van der Waals surface area contributed by atoms with E-state index < -0.39 is 10.0 Å². The van der Waals surface area contributed by atoms with Gasteiger partial charge >= 0.3 is 0 Å². The smallest absolute Gasteiger partial charge is 0.261 e. The second kappa shape index (κ2) is 6.74. The van der Waals surface area contributed by atoms with E-state index in [1.54, 1.807) is 18.2 Å². The topological polar surface area (TPSA) is 46.2 Å². The van der Waals surface area contributed by atoms with Crippen molar-refractivity contribution in [2.24, 2.45) is 0 Å². The van der Waals surface area contributed by atoms with Gasteiger partial charge in [0.05, 0.1) is 9.48 Å². The Morgan fingerprint density at radius 3 is 2.50 bits per heavy atom. The summed E-state index contributed by atoms with van der Waals surface area (Å²) < 4.78 is 27.8. The van der Waals surface area contributed by atoms with E-state index in [4.69, 9.17) is 11.6 Å². The highest BCUT2D eigenvalue weighted by molar-refractivity contribution is 8.19. The Morgan fingerprint density at radius 2 is 1.77 bits per heavy atom. The first-order valence-corrected chi connectivity index (χ1v) is 10.6. The number of thioether (sulfide) groups is 2. The SMILES string of the molecule is O=S(=O)(Nc1cccc(C2SCCS2)c1)c1cccc(Cl)c1. The fourth-order valence-corrected chi connectivity index (χ4v) is 6.34. The summed E-state index contributed by atoms with van der Waals surface area (Å²) in [5, 5.41) is 0.399. The van der Waals surface area contributed by atoms with Gasteiger partial charge in [-0.2, -0.15) is 0 Å². The summed E-state index contributed by atoms with van der Waals surface area (Å²) >= 11 is 9.65. The predicted octanol–water partition coefficient (Wildman–Crippen LogP) is 4.62. The molecular weight excluding hydrogens is 358 g/mol. The van der Waals surface area contributed by atoms with E-state index in [0.717, 1.165) is 17.1 Å². The molecule has 0 aromatic heterocycles. The molecule has 3 rings (SSSR count). The fourth-order valence-electron chi connectivity index (χ4n) is 2.15. The van der Waals surface area contributed by atoms with Crippen LogP contribution in [-0.4, -0.2) is 19.9 Å². The lowest BCUT2D eigenvalue weighted by Gasteiger charge is -2.12. The van der Waals surface area contributed by atoms with Crippen molar-refractivity contribution in [1.29, 1.82) is 0 Å². The number of sulfonamides is 1. The summed E-state index contributed by atoms with van der Waals surface area (Å²) in [4.78, 5) is 0.162. The molecule has 0 unspecified atom stereocenters. The maximum absolute atomic E-state index is 12.4. The first-order chi connectivity index (χ1) is 10.5. The summed E-state index contributed by atoms with van der Waals surface area (Å²) in [6.07, 6.45) is 0. The van der Waals surface area contributed by atoms with Crippen LogP contribution in [0.25, 0.3) is 0 Å². The highest BCUT2D eigenvalue weighted by Gasteiger charge is 2.19. The second-order valence-electron chi connectivity index (χ2n) is 4.76. The Kier molecular flexibility index (Phi) is 4.92. The molecule has 0 saturated carbocycles. The summed E-state index contributed by atoms with van der Waals surface area (Å²) in [7, 11) is -3.62. The lowest BCUT2D eigenvalue weighted by Crippen LogP contribution is -2.13. The van der Waals surface area contributed by atoms with Crippen molar-refractivity contribution in [3.8, 4) is 0 Å². The Labute approximate surface area is 143 Å². The first kappa shape index (κ1) is 16.1. The molecule has 2 aromatic carbocycles. The predicted molar refractivity (Wildman–Crippen MR) is 96.4 cm³/mol. The van der Waals surface area contributed by atoms with Crippen LogP contribution in [0.3, 0.4) is 0 Å². The molecule has 0 radical (unpaired) electrons. The summed E-state index contributed by atoms with van der Waals surface area (Å²) in [5.41, 5.74) is 1.71. The number of hydrogen-bond donors (Lipinski definition) is 1. The van der Waals surface area contributed by atoms with Crippen molar-refractivity contribution in [3.05, 3.63) is 59.1 Å². The molecule has 116 valence electrons. The zero-order valence-electron chi connectivity index (χ0n) is 11.5. The number of anilines is 1. The minimum atomic E-state index is -3.62. The molecule has 1 aliphatic heterocycles. The van der Waals surface area contributed by atoms with Gasteiger partial charge in [0.2, 0.25) is 0 Å². The molecule has 2 aromatic rings. The van der Waals surface area contributed by atoms with Crippen molar-refractivity contribution >= 4 is 50.8 Å². The number of benzene rings is 2. The zero-order chi connectivity index (χ0) is 15.6. The maximum atomic E-state index is 12.4. The third-order valence-corrected chi connectivity index (χ3v) is 7.86. The molecule has 1 saturated heterocycles. The highest BCUT2D eigenvalue weighted by Crippen LogP contribution is 2.45. The molecule has 1 heterocycles. The molecule has 0 bridgehead atoms. The Morgan fingerprint density at radius 1 is 1.05 bits per heavy atom. The van der Waals surface area contributed by atoms with Crippen molar-refractivity contribution in [3.63, 3.8) is 0 Å². The Hall–Kier alpha value is -0.820. The van der Waals surface area contributed by atoms with Crippen molar-refractivity contribution in [2.45, 2.75) is 9.48 Å². The fraction of sp³-hybridized carbons (Fsp3) is 0.200. The van der Waals surface area contributed by atoms with Crippen molar-refractivity contribution in [2.75, 3.05) is 16.2 Å². The summed E-state index contributed by atoms with van der Waals surface area (Å²) in [6, 6.07) is 13.8. The quantitative estimate of drug-likeness (QED) is 0.851. The van der Waals surface area contributed by atoms with E-state index in [-0.39, 0.29) is 4.90 Å². The average Bonchev–Trinajstić information content (AvgIpc) is 3.01. The number of halogens is 1. The summed E-state index contributed by atoms with van der Waals surface area (Å²) in [5.74, 6) is 2.27. The Bertz CT molecular complexity index is 774. The van der Waals surface area contributed by atoms with Crippen LogP contribution in [0.4, 0.5) is 5.69 Å². The van der Waals surface area contributed by atoms with Crippen LogP contribution in [0, 0.1) is 0 Å². The van der Waals surface area contributed by atoms with Crippen LogP contribution in [-0.2, 0) is 10.0 Å². The number of hydrogen-bond acceptors (Lipinski definition) is 4. The van der Waals surface area contributed by atoms with Gasteiger partial charge in [0.1, 0.15) is 0 Å². The first-order valence-electron chi connectivity index (χ1n) is 6.66. The third kappa shape index (κ3) is 3.74. The standard InChI is InChI=1S/C15H14ClNO2S3/c16-12-4-2-6-14(10-12)22(18,19)17-13-5-1-3-11(9-13)15-20-7-8-21-15/h1-6,9-10,15,17H,7-8H2.